The monoisotopic (exact) mass is 660 g/mol. The zero-order valence-electron chi connectivity index (χ0n) is 26.7. The number of carbonyl (C=O) groups is 1. The number of halogens is 2. The summed E-state index contributed by atoms with van der Waals surface area (Å²) in [7, 11) is 0. The molecule has 0 bridgehead atoms. The molecule has 2 saturated heterocycles. The molecular formula is C35H38F2N6O5. The van der Waals surface area contributed by atoms with Crippen molar-refractivity contribution in [2.75, 3.05) is 77.3 Å². The third kappa shape index (κ3) is 6.52. The number of pyridine rings is 1. The molecule has 0 unspecified atom stereocenters. The molecule has 1 saturated carbocycles. The van der Waals surface area contributed by atoms with Crippen LogP contribution < -0.4 is 19.7 Å². The third-order valence-corrected chi connectivity index (χ3v) is 9.54. The lowest BCUT2D eigenvalue weighted by atomic mass is 9.86. The van der Waals surface area contributed by atoms with Crippen LogP contribution in [-0.4, -0.2) is 104 Å². The van der Waals surface area contributed by atoms with Gasteiger partial charge in [-0.05, 0) is 37.5 Å². The van der Waals surface area contributed by atoms with Gasteiger partial charge in [0.1, 0.15) is 22.9 Å². The van der Waals surface area contributed by atoms with Gasteiger partial charge < -0.3 is 29.2 Å². The summed E-state index contributed by atoms with van der Waals surface area (Å²) in [6.45, 7) is 9.69. The Bertz CT molecular complexity index is 1760. The molecule has 11 nitrogen and oxygen atoms in total. The summed E-state index contributed by atoms with van der Waals surface area (Å²) in [5, 5.41) is 3.26. The topological polar surface area (TPSA) is 111 Å². The molecule has 5 heterocycles. The number of hydrogen-bond acceptors (Lipinski definition) is 10. The van der Waals surface area contributed by atoms with Crippen molar-refractivity contribution in [1.29, 1.82) is 0 Å². The van der Waals surface area contributed by atoms with E-state index < -0.39 is 17.6 Å². The average molecular weight is 661 g/mol. The van der Waals surface area contributed by atoms with Crippen molar-refractivity contribution in [1.82, 2.24) is 25.2 Å². The molecule has 0 spiro atoms. The van der Waals surface area contributed by atoms with E-state index in [1.54, 1.807) is 6.20 Å². The molecule has 0 radical (unpaired) electrons. The van der Waals surface area contributed by atoms with Gasteiger partial charge in [0.05, 0.1) is 62.3 Å². The quantitative estimate of drug-likeness (QED) is 0.272. The van der Waals surface area contributed by atoms with Crippen LogP contribution in [0.15, 0.2) is 31.0 Å². The van der Waals surface area contributed by atoms with Gasteiger partial charge in [0.15, 0.2) is 5.82 Å². The van der Waals surface area contributed by atoms with Crippen molar-refractivity contribution in [2.45, 2.75) is 31.2 Å². The first kappa shape index (κ1) is 32.2. The highest BCUT2D eigenvalue weighted by atomic mass is 19.1. The molecule has 7 rings (SSSR count). The highest BCUT2D eigenvalue weighted by molar-refractivity contribution is 5.90. The van der Waals surface area contributed by atoms with Crippen LogP contribution in [0, 0.1) is 29.4 Å². The molecule has 1 N–H and O–H groups in total. The van der Waals surface area contributed by atoms with Gasteiger partial charge in [-0.15, -0.1) is 6.42 Å². The zero-order valence-corrected chi connectivity index (χ0v) is 26.7. The Kier molecular flexibility index (Phi) is 9.13. The number of anilines is 1. The number of fused-ring (bicyclic) bond motifs is 2. The number of rotatable bonds is 9. The second-order valence-corrected chi connectivity index (χ2v) is 12.8. The molecular weight excluding hydrogens is 622 g/mol. The normalized spacial score (nSPS) is 22.1. The predicted octanol–water partition coefficient (Wildman–Crippen LogP) is 3.20. The summed E-state index contributed by atoms with van der Waals surface area (Å²) in [4.78, 5) is 30.5. The Morgan fingerprint density at radius 2 is 1.98 bits per heavy atom. The van der Waals surface area contributed by atoms with Crippen molar-refractivity contribution in [3.63, 3.8) is 0 Å². The molecule has 2 atom stereocenters. The van der Waals surface area contributed by atoms with Crippen molar-refractivity contribution >= 4 is 22.6 Å². The van der Waals surface area contributed by atoms with Gasteiger partial charge in [-0.3, -0.25) is 14.7 Å². The molecule has 13 heteroatoms. The Balaban J connectivity index is 1.27. The van der Waals surface area contributed by atoms with Gasteiger partial charge in [0, 0.05) is 55.8 Å². The number of morpholine rings is 1. The number of hydrogen-bond donors (Lipinski definition) is 1. The van der Waals surface area contributed by atoms with E-state index in [2.05, 4.69) is 32.7 Å². The van der Waals surface area contributed by atoms with Gasteiger partial charge in [0.2, 0.25) is 5.91 Å². The number of terminal acetylenes is 1. The standard InChI is InChI=1S/C35H38F2N6O5/c1-3-23-26(36)5-6-27-29(23)24(7-13-47-27)31-30(37)32-25(17-38-31)33(43-12-16-46-19-22(18-43)39-28(44)4-2)41-34(40-32)48-21-35(8-9-35)20-42-10-14-45-15-11-42/h1,4-6,17,22,24H,2,7-16,18-21H2,(H,39,44)/t22-,24-/m1/s1. The van der Waals surface area contributed by atoms with E-state index in [0.29, 0.717) is 75.1 Å². The van der Waals surface area contributed by atoms with Crippen LogP contribution in [-0.2, 0) is 14.3 Å². The first-order valence-corrected chi connectivity index (χ1v) is 16.3. The van der Waals surface area contributed by atoms with Crippen molar-refractivity contribution < 1.29 is 32.5 Å². The molecule has 252 valence electrons. The number of amides is 1. The largest absolute Gasteiger partial charge is 0.493 e. The van der Waals surface area contributed by atoms with Gasteiger partial charge >= 0.3 is 6.01 Å². The second-order valence-electron chi connectivity index (χ2n) is 12.8. The Morgan fingerprint density at radius 3 is 2.75 bits per heavy atom. The van der Waals surface area contributed by atoms with E-state index >= 15 is 4.39 Å². The van der Waals surface area contributed by atoms with E-state index in [0.717, 1.165) is 32.5 Å². The van der Waals surface area contributed by atoms with E-state index in [9.17, 15) is 9.18 Å². The highest BCUT2D eigenvalue weighted by Gasteiger charge is 2.45. The molecule has 2 aromatic heterocycles. The number of ether oxygens (including phenoxy) is 4. The lowest BCUT2D eigenvalue weighted by Crippen LogP contribution is -2.44. The summed E-state index contributed by atoms with van der Waals surface area (Å²) < 4.78 is 55.1. The number of carbonyl (C=O) groups excluding carboxylic acids is 1. The Hall–Kier alpha value is -4.38. The summed E-state index contributed by atoms with van der Waals surface area (Å²) in [6.07, 6.45) is 10.8. The fourth-order valence-corrected chi connectivity index (χ4v) is 6.81. The molecule has 48 heavy (non-hydrogen) atoms. The molecule has 4 aliphatic rings. The number of nitrogens with zero attached hydrogens (tertiary/aromatic N) is 5. The van der Waals surface area contributed by atoms with Gasteiger partial charge in [-0.1, -0.05) is 12.5 Å². The van der Waals surface area contributed by atoms with E-state index in [1.807, 2.05) is 4.90 Å². The highest BCUT2D eigenvalue weighted by Crippen LogP contribution is 2.47. The number of nitrogens with one attached hydrogen (secondary N) is 1. The molecule has 1 amide bonds. The fraction of sp³-hybridized carbons (Fsp3) is 0.486. The third-order valence-electron chi connectivity index (χ3n) is 9.54. The molecule has 3 fully saturated rings. The maximum absolute atomic E-state index is 16.9. The molecule has 1 aromatic carbocycles. The minimum Gasteiger partial charge on any atom is -0.493 e. The van der Waals surface area contributed by atoms with Crippen LogP contribution in [0.3, 0.4) is 0 Å². The van der Waals surface area contributed by atoms with E-state index in [4.69, 9.17) is 30.4 Å². The van der Waals surface area contributed by atoms with Gasteiger partial charge in [-0.2, -0.15) is 9.97 Å². The minimum atomic E-state index is -0.664. The minimum absolute atomic E-state index is 0.0260. The molecule has 3 aliphatic heterocycles. The Morgan fingerprint density at radius 1 is 1.17 bits per heavy atom. The van der Waals surface area contributed by atoms with Crippen LogP contribution in [0.1, 0.15) is 42.0 Å². The maximum Gasteiger partial charge on any atom is 0.319 e. The molecule has 3 aromatic rings. The summed E-state index contributed by atoms with van der Waals surface area (Å²) >= 11 is 0. The summed E-state index contributed by atoms with van der Waals surface area (Å²) in [6, 6.07) is 2.44. The summed E-state index contributed by atoms with van der Waals surface area (Å²) in [5.41, 5.74) is 0.505. The average Bonchev–Trinajstić information content (AvgIpc) is 3.91. The zero-order chi connectivity index (χ0) is 33.3. The predicted molar refractivity (Wildman–Crippen MR) is 173 cm³/mol. The van der Waals surface area contributed by atoms with Crippen LogP contribution in [0.4, 0.5) is 14.6 Å². The van der Waals surface area contributed by atoms with E-state index in [1.165, 1.54) is 18.2 Å². The van der Waals surface area contributed by atoms with Crippen molar-refractivity contribution in [3.8, 4) is 24.1 Å². The lowest BCUT2D eigenvalue weighted by molar-refractivity contribution is -0.117. The second kappa shape index (κ2) is 13.6. The number of benzene rings is 1. The van der Waals surface area contributed by atoms with Crippen LogP contribution in [0.2, 0.25) is 0 Å². The number of aromatic nitrogens is 3. The van der Waals surface area contributed by atoms with Crippen LogP contribution in [0.25, 0.3) is 10.9 Å². The SMILES string of the molecule is C#Cc1c(F)ccc2c1[C@H](c1ncc3c(N4CCOC[C@H](NC(=O)C=C)C4)nc(OCC4(CN5CCOCC5)CC4)nc3c1F)CCO2. The summed E-state index contributed by atoms with van der Waals surface area (Å²) in [5.74, 6) is 1.01. The van der Waals surface area contributed by atoms with Crippen LogP contribution in [0.5, 0.6) is 11.8 Å². The Labute approximate surface area is 277 Å². The first-order valence-electron chi connectivity index (χ1n) is 16.3. The van der Waals surface area contributed by atoms with Gasteiger partial charge in [-0.25, -0.2) is 8.78 Å². The lowest BCUT2D eigenvalue weighted by Gasteiger charge is -2.30. The smallest absolute Gasteiger partial charge is 0.319 e. The molecule has 1 aliphatic carbocycles. The maximum atomic E-state index is 16.9. The van der Waals surface area contributed by atoms with E-state index in [-0.39, 0.29) is 46.8 Å². The van der Waals surface area contributed by atoms with Crippen LogP contribution >= 0.6 is 0 Å². The first-order chi connectivity index (χ1) is 23.4. The van der Waals surface area contributed by atoms with Crippen molar-refractivity contribution in [2.24, 2.45) is 5.41 Å². The van der Waals surface area contributed by atoms with Crippen molar-refractivity contribution in [3.05, 3.63) is 59.4 Å². The fourth-order valence-electron chi connectivity index (χ4n) is 6.81. The van der Waals surface area contributed by atoms with Gasteiger partial charge in [0.25, 0.3) is 0 Å².